The number of nitro benzene ring substituents is 1. The summed E-state index contributed by atoms with van der Waals surface area (Å²) in [6, 6.07) is 11.4. The Morgan fingerprint density at radius 3 is 2.48 bits per heavy atom. The van der Waals surface area contributed by atoms with E-state index in [0.29, 0.717) is 5.71 Å². The third kappa shape index (κ3) is 4.00. The van der Waals surface area contributed by atoms with Gasteiger partial charge in [0.1, 0.15) is 0 Å². The fourth-order valence-electron chi connectivity index (χ4n) is 1.99. The van der Waals surface area contributed by atoms with Gasteiger partial charge in [0.2, 0.25) is 0 Å². The number of nitrogens with zero attached hydrogens (tertiary/aromatic N) is 2. The minimum Gasteiger partial charge on any atom is -0.267 e. The molecule has 6 nitrogen and oxygen atoms in total. The highest BCUT2D eigenvalue weighted by atomic mass is 16.6. The van der Waals surface area contributed by atoms with Gasteiger partial charge in [0, 0.05) is 17.7 Å². The van der Waals surface area contributed by atoms with Gasteiger partial charge < -0.3 is 0 Å². The molecular weight excluding hydrogens is 294 g/mol. The van der Waals surface area contributed by atoms with Crippen molar-refractivity contribution in [3.8, 4) is 0 Å². The highest BCUT2D eigenvalue weighted by Crippen LogP contribution is 2.13. The van der Waals surface area contributed by atoms with Crippen LogP contribution in [0.5, 0.6) is 0 Å². The molecule has 23 heavy (non-hydrogen) atoms. The number of aryl methyl sites for hydroxylation is 2. The number of amides is 1. The van der Waals surface area contributed by atoms with E-state index >= 15 is 0 Å². The van der Waals surface area contributed by atoms with Crippen molar-refractivity contribution in [3.05, 3.63) is 74.8 Å². The zero-order valence-corrected chi connectivity index (χ0v) is 13.2. The van der Waals surface area contributed by atoms with Crippen molar-refractivity contribution in [2.75, 3.05) is 0 Å². The maximum atomic E-state index is 12.0. The van der Waals surface area contributed by atoms with Crippen LogP contribution in [0.3, 0.4) is 0 Å². The summed E-state index contributed by atoms with van der Waals surface area (Å²) < 4.78 is 0. The molecule has 0 heterocycles. The molecule has 0 saturated heterocycles. The number of hydrogen-bond acceptors (Lipinski definition) is 4. The van der Waals surface area contributed by atoms with E-state index in [2.05, 4.69) is 10.5 Å². The summed E-state index contributed by atoms with van der Waals surface area (Å²) in [5.74, 6) is -0.489. The molecule has 2 aromatic rings. The molecule has 0 aromatic heterocycles. The molecule has 2 aromatic carbocycles. The zero-order valence-electron chi connectivity index (χ0n) is 13.2. The number of hydrazone groups is 1. The third-order valence-corrected chi connectivity index (χ3v) is 3.57. The lowest BCUT2D eigenvalue weighted by atomic mass is 10.0. The van der Waals surface area contributed by atoms with E-state index in [1.807, 2.05) is 32.0 Å². The quantitative estimate of drug-likeness (QED) is 0.533. The number of nitro groups is 1. The van der Waals surface area contributed by atoms with Gasteiger partial charge >= 0.3 is 0 Å². The van der Waals surface area contributed by atoms with Crippen LogP contribution in [0.2, 0.25) is 0 Å². The topological polar surface area (TPSA) is 84.6 Å². The van der Waals surface area contributed by atoms with Gasteiger partial charge in [-0.2, -0.15) is 5.10 Å². The van der Waals surface area contributed by atoms with Crippen LogP contribution in [0.15, 0.2) is 47.6 Å². The van der Waals surface area contributed by atoms with E-state index in [4.69, 9.17) is 0 Å². The fraction of sp³-hybridized carbons (Fsp3) is 0.176. The lowest BCUT2D eigenvalue weighted by Gasteiger charge is -2.06. The first-order valence-electron chi connectivity index (χ1n) is 7.05. The first-order valence-corrected chi connectivity index (χ1v) is 7.05. The maximum absolute atomic E-state index is 12.0. The van der Waals surface area contributed by atoms with Crippen LogP contribution in [0, 0.1) is 24.0 Å². The van der Waals surface area contributed by atoms with Crippen molar-refractivity contribution < 1.29 is 9.72 Å². The van der Waals surface area contributed by atoms with Crippen LogP contribution in [0.1, 0.15) is 34.0 Å². The first kappa shape index (κ1) is 16.4. The molecular formula is C17H17N3O3. The van der Waals surface area contributed by atoms with Gasteiger partial charge in [0.15, 0.2) is 0 Å². The van der Waals surface area contributed by atoms with Crippen molar-refractivity contribution >= 4 is 17.3 Å². The van der Waals surface area contributed by atoms with Crippen LogP contribution in [0.25, 0.3) is 0 Å². The highest BCUT2D eigenvalue weighted by Gasteiger charge is 2.11. The number of carbonyl (C=O) groups is 1. The molecule has 0 fully saturated rings. The van der Waals surface area contributed by atoms with Crippen molar-refractivity contribution in [2.24, 2.45) is 5.10 Å². The maximum Gasteiger partial charge on any atom is 0.271 e. The van der Waals surface area contributed by atoms with Crippen molar-refractivity contribution in [3.63, 3.8) is 0 Å². The summed E-state index contributed by atoms with van der Waals surface area (Å²) in [6.07, 6.45) is 0. The Bertz CT molecular complexity index is 797. The minimum absolute atomic E-state index is 0.132. The van der Waals surface area contributed by atoms with E-state index in [0.717, 1.165) is 11.1 Å². The van der Waals surface area contributed by atoms with Crippen LogP contribution >= 0.6 is 0 Å². The number of hydrogen-bond donors (Lipinski definition) is 1. The molecule has 0 atom stereocenters. The van der Waals surface area contributed by atoms with Gasteiger partial charge in [-0.15, -0.1) is 0 Å². The molecule has 0 saturated carbocycles. The molecule has 118 valence electrons. The summed E-state index contributed by atoms with van der Waals surface area (Å²) in [5.41, 5.74) is 6.37. The Hall–Kier alpha value is -3.02. The predicted molar refractivity (Wildman–Crippen MR) is 88.7 cm³/mol. The van der Waals surface area contributed by atoms with Crippen LogP contribution in [0.4, 0.5) is 5.69 Å². The average molecular weight is 311 g/mol. The molecule has 1 N–H and O–H groups in total. The smallest absolute Gasteiger partial charge is 0.267 e. The van der Waals surface area contributed by atoms with Gasteiger partial charge in [0.05, 0.1) is 10.6 Å². The largest absolute Gasteiger partial charge is 0.271 e. The minimum atomic E-state index is -0.541. The molecule has 1 amide bonds. The molecule has 0 unspecified atom stereocenters. The summed E-state index contributed by atoms with van der Waals surface area (Å²) in [5, 5.41) is 14.8. The van der Waals surface area contributed by atoms with Gasteiger partial charge in [-0.3, -0.25) is 14.9 Å². The second-order valence-electron chi connectivity index (χ2n) is 5.24. The average Bonchev–Trinajstić information content (AvgIpc) is 2.54. The van der Waals surface area contributed by atoms with Crippen LogP contribution < -0.4 is 5.43 Å². The molecule has 0 aliphatic carbocycles. The van der Waals surface area contributed by atoms with Gasteiger partial charge in [0.25, 0.3) is 11.6 Å². The zero-order chi connectivity index (χ0) is 17.0. The summed E-state index contributed by atoms with van der Waals surface area (Å²) >= 11 is 0. The Morgan fingerprint density at radius 2 is 1.83 bits per heavy atom. The van der Waals surface area contributed by atoms with Gasteiger partial charge in [-0.05, 0) is 49.6 Å². The molecule has 0 aliphatic rings. The molecule has 0 radical (unpaired) electrons. The number of carbonyl (C=O) groups excluding carboxylic acids is 1. The van der Waals surface area contributed by atoms with E-state index in [1.165, 1.54) is 29.8 Å². The summed E-state index contributed by atoms with van der Waals surface area (Å²) in [7, 11) is 0. The van der Waals surface area contributed by atoms with E-state index < -0.39 is 10.8 Å². The highest BCUT2D eigenvalue weighted by molar-refractivity contribution is 6.01. The van der Waals surface area contributed by atoms with Crippen molar-refractivity contribution in [1.82, 2.24) is 5.43 Å². The Labute approximate surface area is 134 Å². The Kier molecular flexibility index (Phi) is 4.85. The standard InChI is InChI=1S/C17H17N3O3/c1-11-7-8-14(9-12(11)2)13(3)18-19-17(21)15-5-4-6-16(10-15)20(22)23/h4-10H,1-3H3,(H,19,21)/b18-13+. The molecule has 0 bridgehead atoms. The normalized spacial score (nSPS) is 11.2. The van der Waals surface area contributed by atoms with Crippen molar-refractivity contribution in [2.45, 2.75) is 20.8 Å². The molecule has 2 rings (SSSR count). The monoisotopic (exact) mass is 311 g/mol. The van der Waals surface area contributed by atoms with E-state index in [-0.39, 0.29) is 11.3 Å². The van der Waals surface area contributed by atoms with Crippen molar-refractivity contribution in [1.29, 1.82) is 0 Å². The van der Waals surface area contributed by atoms with Crippen LogP contribution in [-0.2, 0) is 0 Å². The first-order chi connectivity index (χ1) is 10.9. The number of rotatable bonds is 4. The summed E-state index contributed by atoms with van der Waals surface area (Å²) in [6.45, 7) is 5.82. The fourth-order valence-corrected chi connectivity index (χ4v) is 1.99. The second-order valence-corrected chi connectivity index (χ2v) is 5.24. The third-order valence-electron chi connectivity index (χ3n) is 3.57. The molecule has 6 heteroatoms. The number of nitrogens with one attached hydrogen (secondary N) is 1. The number of benzene rings is 2. The molecule has 0 aliphatic heterocycles. The predicted octanol–water partition coefficient (Wildman–Crippen LogP) is 3.37. The second kappa shape index (κ2) is 6.83. The Balaban J connectivity index is 2.15. The summed E-state index contributed by atoms with van der Waals surface area (Å²) in [4.78, 5) is 22.2. The van der Waals surface area contributed by atoms with Gasteiger partial charge in [-0.1, -0.05) is 18.2 Å². The molecule has 0 spiro atoms. The van der Waals surface area contributed by atoms with E-state index in [1.54, 1.807) is 6.92 Å². The SMILES string of the molecule is C/C(=N\NC(=O)c1cccc([N+](=O)[O-])c1)c1ccc(C)c(C)c1. The lowest BCUT2D eigenvalue weighted by molar-refractivity contribution is -0.384. The van der Waals surface area contributed by atoms with E-state index in [9.17, 15) is 14.9 Å². The van der Waals surface area contributed by atoms with Crippen LogP contribution in [-0.4, -0.2) is 16.5 Å². The Morgan fingerprint density at radius 1 is 1.09 bits per heavy atom. The van der Waals surface area contributed by atoms with Gasteiger partial charge in [-0.25, -0.2) is 5.43 Å². The lowest BCUT2D eigenvalue weighted by Crippen LogP contribution is -2.19. The number of non-ortho nitro benzene ring substituents is 1.